The lowest BCUT2D eigenvalue weighted by atomic mass is 10.1. The van der Waals surface area contributed by atoms with Gasteiger partial charge in [0.2, 0.25) is 0 Å². The molecule has 4 rings (SSSR count). The molecule has 1 aliphatic rings. The molecule has 1 aromatic carbocycles. The van der Waals surface area contributed by atoms with Crippen LogP contribution in [-0.2, 0) is 20.6 Å². The summed E-state index contributed by atoms with van der Waals surface area (Å²) in [5, 5.41) is 15.9. The van der Waals surface area contributed by atoms with E-state index in [1.807, 2.05) is 30.3 Å². The summed E-state index contributed by atoms with van der Waals surface area (Å²) in [7, 11) is 1.61. The first kappa shape index (κ1) is 34.8. The molecule has 2 unspecified atom stereocenters. The van der Waals surface area contributed by atoms with Gasteiger partial charge < -0.3 is 39.4 Å². The number of aromatic nitrogens is 3. The number of hydrogen-bond donors (Lipinski definition) is 4. The van der Waals surface area contributed by atoms with Crippen molar-refractivity contribution < 1.29 is 28.8 Å². The second kappa shape index (κ2) is 18.2. The van der Waals surface area contributed by atoms with Crippen LogP contribution in [0.1, 0.15) is 17.4 Å². The first-order valence-electron chi connectivity index (χ1n) is 14.3. The number of benzene rings is 1. The van der Waals surface area contributed by atoms with Crippen LogP contribution < -0.4 is 31.4 Å². The van der Waals surface area contributed by atoms with Gasteiger partial charge in [-0.2, -0.15) is 0 Å². The zero-order valence-corrected chi connectivity index (χ0v) is 27.4. The zero-order valence-electron chi connectivity index (χ0n) is 25.0. The molecule has 1 aliphatic heterocycles. The fraction of sp³-hybridized carbons (Fsp3) is 0.355. The number of H-pyrrole nitrogens is 1. The summed E-state index contributed by atoms with van der Waals surface area (Å²) in [5.74, 6) is 7.55. The van der Waals surface area contributed by atoms with Crippen LogP contribution >= 0.6 is 28.1 Å². The normalized spacial score (nSPS) is 15.2. The molecule has 0 aliphatic carbocycles. The monoisotopic (exact) mass is 715 g/mol. The third kappa shape index (κ3) is 10.8. The first-order chi connectivity index (χ1) is 22.4. The number of nitrogens with one attached hydrogen (secondary N) is 3. The largest absolute Gasteiger partial charge is 0.497 e. The molecule has 0 amide bonds. The molecule has 3 aromatic rings. The molecule has 2 atom stereocenters. The molecule has 2 aromatic heterocycles. The molecule has 4 N–H and O–H groups in total. The molecular weight excluding hydrogens is 682 g/mol. The van der Waals surface area contributed by atoms with E-state index in [9.17, 15) is 14.7 Å². The Balaban J connectivity index is 1.14. The number of aliphatic hydroxyl groups is 1. The molecule has 46 heavy (non-hydrogen) atoms. The SMILES string of the molecule is COc1ccc(OCCOCCOCC#Cc2cn(C3C=CC(CO)O3)c(=O)[nH]c2=O)c(CCNC(=S)Nc2ccc(Br)cn2)c1. The average Bonchev–Trinajstić information content (AvgIpc) is 3.53. The van der Waals surface area contributed by atoms with Crippen molar-refractivity contribution in [3.05, 3.63) is 91.3 Å². The van der Waals surface area contributed by atoms with Gasteiger partial charge in [-0.15, -0.1) is 0 Å². The Hall–Kier alpha value is -4.04. The smallest absolute Gasteiger partial charge is 0.330 e. The van der Waals surface area contributed by atoms with E-state index in [0.29, 0.717) is 43.7 Å². The van der Waals surface area contributed by atoms with Gasteiger partial charge in [0.1, 0.15) is 42.2 Å². The van der Waals surface area contributed by atoms with Crippen molar-refractivity contribution >= 4 is 39.1 Å². The summed E-state index contributed by atoms with van der Waals surface area (Å²) in [6.45, 7) is 1.71. The third-order valence-corrected chi connectivity index (χ3v) is 7.11. The minimum Gasteiger partial charge on any atom is -0.497 e. The predicted molar refractivity (Wildman–Crippen MR) is 178 cm³/mol. The second-order valence-corrected chi connectivity index (χ2v) is 10.9. The third-order valence-electron chi connectivity index (χ3n) is 6.40. The standard InChI is InChI=1S/C31H34BrN5O8S/c1-41-24-5-7-26(21(17-24)10-11-33-30(46)35-27-8-4-23(32)18-34-27)44-16-15-43-14-13-42-12-2-3-22-19-37(31(40)36-29(22)39)28-9-6-25(20-38)45-28/h4-9,17-19,25,28,38H,10-16,20H2,1H3,(H,36,39,40)(H2,33,34,35,46). The molecule has 0 saturated carbocycles. The summed E-state index contributed by atoms with van der Waals surface area (Å²) < 4.78 is 30.0. The number of halogens is 1. The first-order valence-corrected chi connectivity index (χ1v) is 15.5. The van der Waals surface area contributed by atoms with Crippen LogP contribution in [0.2, 0.25) is 0 Å². The van der Waals surface area contributed by atoms with Gasteiger partial charge in [0.25, 0.3) is 5.56 Å². The van der Waals surface area contributed by atoms with Crippen molar-refractivity contribution in [3.63, 3.8) is 0 Å². The van der Waals surface area contributed by atoms with E-state index in [1.54, 1.807) is 25.5 Å². The van der Waals surface area contributed by atoms with Gasteiger partial charge in [-0.05, 0) is 76.5 Å². The van der Waals surface area contributed by atoms with Crippen LogP contribution in [-0.4, -0.2) is 84.2 Å². The topological polar surface area (TPSA) is 158 Å². The second-order valence-electron chi connectivity index (χ2n) is 9.62. The summed E-state index contributed by atoms with van der Waals surface area (Å²) >= 11 is 8.73. The number of nitrogens with zero attached hydrogens (tertiary/aromatic N) is 2. The lowest BCUT2D eigenvalue weighted by Gasteiger charge is -2.14. The average molecular weight is 717 g/mol. The Morgan fingerprint density at radius 3 is 2.76 bits per heavy atom. The van der Waals surface area contributed by atoms with E-state index in [-0.39, 0.29) is 25.4 Å². The van der Waals surface area contributed by atoms with Crippen LogP contribution in [0.4, 0.5) is 5.82 Å². The number of anilines is 1. The molecule has 3 heterocycles. The van der Waals surface area contributed by atoms with Crippen molar-refractivity contribution in [2.45, 2.75) is 18.8 Å². The number of methoxy groups -OCH3 is 1. The molecule has 0 saturated heterocycles. The van der Waals surface area contributed by atoms with Gasteiger partial charge in [0.15, 0.2) is 11.3 Å². The van der Waals surface area contributed by atoms with Crippen LogP contribution in [0.5, 0.6) is 11.5 Å². The predicted octanol–water partition coefficient (Wildman–Crippen LogP) is 2.14. The Labute approximate surface area is 279 Å². The highest BCUT2D eigenvalue weighted by atomic mass is 79.9. The van der Waals surface area contributed by atoms with Crippen LogP contribution in [0.3, 0.4) is 0 Å². The number of pyridine rings is 1. The Kier molecular flexibility index (Phi) is 13.8. The van der Waals surface area contributed by atoms with Gasteiger partial charge in [-0.25, -0.2) is 9.78 Å². The lowest BCUT2D eigenvalue weighted by Crippen LogP contribution is -2.33. The van der Waals surface area contributed by atoms with Gasteiger partial charge in [0, 0.05) is 23.4 Å². The van der Waals surface area contributed by atoms with Gasteiger partial charge >= 0.3 is 5.69 Å². The fourth-order valence-corrected chi connectivity index (χ4v) is 4.58. The van der Waals surface area contributed by atoms with Crippen LogP contribution in [0, 0.1) is 11.8 Å². The summed E-state index contributed by atoms with van der Waals surface area (Å²) in [5.41, 5.74) is -0.199. The number of aliphatic hydroxyl groups excluding tert-OH is 1. The molecule has 0 spiro atoms. The Bertz CT molecular complexity index is 1670. The molecule has 13 nitrogen and oxygen atoms in total. The number of aromatic amines is 1. The molecule has 0 radical (unpaired) electrons. The number of hydrogen-bond acceptors (Lipinski definition) is 10. The van der Waals surface area contributed by atoms with Crippen molar-refractivity contribution in [2.75, 3.05) is 58.6 Å². The molecular formula is C31H34BrN5O8S. The van der Waals surface area contributed by atoms with Crippen molar-refractivity contribution in [1.82, 2.24) is 19.9 Å². The number of rotatable bonds is 15. The number of ether oxygens (including phenoxy) is 5. The van der Waals surface area contributed by atoms with E-state index < -0.39 is 23.6 Å². The minimum absolute atomic E-state index is 0.0622. The van der Waals surface area contributed by atoms with E-state index >= 15 is 0 Å². The van der Waals surface area contributed by atoms with Crippen molar-refractivity contribution in [2.24, 2.45) is 0 Å². The van der Waals surface area contributed by atoms with E-state index in [0.717, 1.165) is 21.5 Å². The Morgan fingerprint density at radius 2 is 2.00 bits per heavy atom. The quantitative estimate of drug-likeness (QED) is 0.0788. The van der Waals surface area contributed by atoms with E-state index in [2.05, 4.69) is 48.4 Å². The highest BCUT2D eigenvalue weighted by Crippen LogP contribution is 2.25. The highest BCUT2D eigenvalue weighted by molar-refractivity contribution is 9.10. The maximum Gasteiger partial charge on any atom is 0.330 e. The number of thiocarbonyl (C=S) groups is 1. The van der Waals surface area contributed by atoms with Gasteiger partial charge in [-0.1, -0.05) is 17.9 Å². The minimum atomic E-state index is -0.736. The zero-order chi connectivity index (χ0) is 32.7. The van der Waals surface area contributed by atoms with E-state index in [4.69, 9.17) is 35.9 Å². The molecule has 0 bridgehead atoms. The molecule has 0 fully saturated rings. The summed E-state index contributed by atoms with van der Waals surface area (Å²) in [6, 6.07) is 9.32. The van der Waals surface area contributed by atoms with Gasteiger partial charge in [0.05, 0.1) is 33.5 Å². The van der Waals surface area contributed by atoms with Crippen LogP contribution in [0.25, 0.3) is 0 Å². The maximum atomic E-state index is 12.2. The lowest BCUT2D eigenvalue weighted by molar-refractivity contribution is -0.0103. The van der Waals surface area contributed by atoms with Crippen molar-refractivity contribution in [1.29, 1.82) is 0 Å². The summed E-state index contributed by atoms with van der Waals surface area (Å²) in [6.07, 6.45) is 5.68. The Morgan fingerprint density at radius 1 is 1.17 bits per heavy atom. The summed E-state index contributed by atoms with van der Waals surface area (Å²) in [4.78, 5) is 30.8. The van der Waals surface area contributed by atoms with E-state index in [1.165, 1.54) is 10.8 Å². The fourth-order valence-electron chi connectivity index (χ4n) is 4.14. The maximum absolute atomic E-state index is 12.2. The molecule has 15 heteroatoms. The van der Waals surface area contributed by atoms with Crippen molar-refractivity contribution in [3.8, 4) is 23.3 Å². The van der Waals surface area contributed by atoms with Crippen LogP contribution in [0.15, 0.2) is 68.9 Å². The van der Waals surface area contributed by atoms with Gasteiger partial charge in [-0.3, -0.25) is 14.3 Å². The molecule has 244 valence electrons. The highest BCUT2D eigenvalue weighted by Gasteiger charge is 2.21.